The summed E-state index contributed by atoms with van der Waals surface area (Å²) in [5.74, 6) is -0.0662. The van der Waals surface area contributed by atoms with Crippen molar-refractivity contribution in [1.29, 1.82) is 0 Å². The number of hydrogen-bond acceptors (Lipinski definition) is 3. The van der Waals surface area contributed by atoms with Crippen LogP contribution in [0.25, 0.3) is 0 Å². The zero-order valence-corrected chi connectivity index (χ0v) is 10.7. The van der Waals surface area contributed by atoms with Gasteiger partial charge in [-0.1, -0.05) is 12.1 Å². The van der Waals surface area contributed by atoms with Crippen LogP contribution < -0.4 is 11.1 Å². The van der Waals surface area contributed by atoms with Crippen molar-refractivity contribution >= 4 is 17.7 Å². The molecule has 1 rings (SSSR count). The monoisotopic (exact) mass is 238 g/mol. The molecule has 1 aromatic rings. The Bertz CT molecular complexity index is 372. The molecule has 0 saturated heterocycles. The summed E-state index contributed by atoms with van der Waals surface area (Å²) in [6.07, 6.45) is 1.96. The van der Waals surface area contributed by atoms with E-state index in [9.17, 15) is 4.79 Å². The van der Waals surface area contributed by atoms with E-state index in [1.54, 1.807) is 11.8 Å². The summed E-state index contributed by atoms with van der Waals surface area (Å²) in [7, 11) is 0. The normalized spacial score (nSPS) is 11.2. The van der Waals surface area contributed by atoms with Gasteiger partial charge < -0.3 is 11.1 Å². The maximum absolute atomic E-state index is 11.9. The third-order valence-corrected chi connectivity index (χ3v) is 2.85. The van der Waals surface area contributed by atoms with Crippen molar-refractivity contribution < 1.29 is 4.79 Å². The summed E-state index contributed by atoms with van der Waals surface area (Å²) in [5, 5.41) is 2.84. The van der Waals surface area contributed by atoms with Gasteiger partial charge in [-0.25, -0.2) is 0 Å². The quantitative estimate of drug-likeness (QED) is 0.787. The molecule has 0 unspecified atom stereocenters. The lowest BCUT2D eigenvalue weighted by Crippen LogP contribution is -2.45. The third kappa shape index (κ3) is 3.87. The Labute approximate surface area is 101 Å². The molecule has 0 aliphatic carbocycles. The summed E-state index contributed by atoms with van der Waals surface area (Å²) in [5.41, 5.74) is 6.14. The maximum Gasteiger partial charge on any atom is 0.252 e. The first-order valence-electron chi connectivity index (χ1n) is 5.14. The lowest BCUT2D eigenvalue weighted by Gasteiger charge is -2.19. The topological polar surface area (TPSA) is 55.1 Å². The van der Waals surface area contributed by atoms with Gasteiger partial charge in [0.25, 0.3) is 5.91 Å². The predicted molar refractivity (Wildman–Crippen MR) is 68.8 cm³/mol. The van der Waals surface area contributed by atoms with Crippen molar-refractivity contribution in [3.63, 3.8) is 0 Å². The van der Waals surface area contributed by atoms with Gasteiger partial charge in [0.1, 0.15) is 0 Å². The summed E-state index contributed by atoms with van der Waals surface area (Å²) in [6, 6.07) is 7.55. The molecule has 0 radical (unpaired) electrons. The SMILES string of the molecule is CSc1ccccc1C(=O)NCC(C)(C)N. The van der Waals surface area contributed by atoms with E-state index in [-0.39, 0.29) is 11.4 Å². The predicted octanol–water partition coefficient (Wildman–Crippen LogP) is 1.88. The Kier molecular flexibility index (Phi) is 4.38. The van der Waals surface area contributed by atoms with Gasteiger partial charge >= 0.3 is 0 Å². The summed E-state index contributed by atoms with van der Waals surface area (Å²) in [6.45, 7) is 4.23. The molecular formula is C12H18N2OS. The average molecular weight is 238 g/mol. The molecule has 0 spiro atoms. The van der Waals surface area contributed by atoms with Crippen LogP contribution in [0, 0.1) is 0 Å². The van der Waals surface area contributed by atoms with Crippen LogP contribution in [-0.4, -0.2) is 24.2 Å². The molecule has 3 N–H and O–H groups in total. The molecule has 0 aliphatic heterocycles. The lowest BCUT2D eigenvalue weighted by atomic mass is 10.1. The number of benzene rings is 1. The Morgan fingerprint density at radius 3 is 2.62 bits per heavy atom. The van der Waals surface area contributed by atoms with E-state index in [0.717, 1.165) is 4.90 Å². The molecule has 0 heterocycles. The van der Waals surface area contributed by atoms with Gasteiger partial charge in [-0.05, 0) is 32.2 Å². The molecule has 0 saturated carbocycles. The van der Waals surface area contributed by atoms with Gasteiger partial charge in [-0.2, -0.15) is 0 Å². The van der Waals surface area contributed by atoms with Crippen molar-refractivity contribution in [3.05, 3.63) is 29.8 Å². The van der Waals surface area contributed by atoms with Gasteiger partial charge in [0, 0.05) is 17.0 Å². The van der Waals surface area contributed by atoms with Gasteiger partial charge in [-0.3, -0.25) is 4.79 Å². The molecule has 4 heteroatoms. The fourth-order valence-corrected chi connectivity index (χ4v) is 1.83. The lowest BCUT2D eigenvalue weighted by molar-refractivity contribution is 0.0943. The van der Waals surface area contributed by atoms with Crippen LogP contribution in [-0.2, 0) is 0 Å². The van der Waals surface area contributed by atoms with Gasteiger partial charge in [-0.15, -0.1) is 11.8 Å². The van der Waals surface area contributed by atoms with Crippen LogP contribution in [0.3, 0.4) is 0 Å². The molecule has 88 valence electrons. The number of carbonyl (C=O) groups excluding carboxylic acids is 1. The number of carbonyl (C=O) groups is 1. The van der Waals surface area contributed by atoms with Crippen molar-refractivity contribution in [1.82, 2.24) is 5.32 Å². The number of rotatable bonds is 4. The van der Waals surface area contributed by atoms with E-state index in [1.807, 2.05) is 44.4 Å². The van der Waals surface area contributed by atoms with Crippen LogP contribution in [0.15, 0.2) is 29.2 Å². The second-order valence-corrected chi connectivity index (χ2v) is 5.22. The first-order valence-corrected chi connectivity index (χ1v) is 6.36. The molecule has 3 nitrogen and oxygen atoms in total. The highest BCUT2D eigenvalue weighted by molar-refractivity contribution is 7.98. The zero-order valence-electron chi connectivity index (χ0n) is 9.91. The van der Waals surface area contributed by atoms with Crippen LogP contribution in [0.2, 0.25) is 0 Å². The molecule has 0 bridgehead atoms. The second kappa shape index (κ2) is 5.37. The van der Waals surface area contributed by atoms with Crippen molar-refractivity contribution in [2.24, 2.45) is 5.73 Å². The highest BCUT2D eigenvalue weighted by Gasteiger charge is 2.14. The first-order chi connectivity index (χ1) is 7.44. The van der Waals surface area contributed by atoms with Crippen molar-refractivity contribution in [2.45, 2.75) is 24.3 Å². The highest BCUT2D eigenvalue weighted by Crippen LogP contribution is 2.19. The standard InChI is InChI=1S/C12H18N2OS/c1-12(2,13)8-14-11(15)9-6-4-5-7-10(9)16-3/h4-7H,8,13H2,1-3H3,(H,14,15). The minimum atomic E-state index is -0.385. The molecule has 0 aliphatic rings. The van der Waals surface area contributed by atoms with Gasteiger partial charge in [0.05, 0.1) is 5.56 Å². The van der Waals surface area contributed by atoms with Crippen LogP contribution in [0.5, 0.6) is 0 Å². The number of thioether (sulfide) groups is 1. The zero-order chi connectivity index (χ0) is 12.2. The van der Waals surface area contributed by atoms with E-state index < -0.39 is 0 Å². The molecular weight excluding hydrogens is 220 g/mol. The fourth-order valence-electron chi connectivity index (χ4n) is 1.24. The molecule has 1 amide bonds. The molecule has 0 fully saturated rings. The average Bonchev–Trinajstić information content (AvgIpc) is 2.25. The van der Waals surface area contributed by atoms with Crippen molar-refractivity contribution in [3.8, 4) is 0 Å². The first kappa shape index (κ1) is 13.1. The number of amides is 1. The minimum Gasteiger partial charge on any atom is -0.350 e. The van der Waals surface area contributed by atoms with E-state index in [0.29, 0.717) is 12.1 Å². The molecule has 16 heavy (non-hydrogen) atoms. The van der Waals surface area contributed by atoms with Crippen LogP contribution in [0.4, 0.5) is 0 Å². The van der Waals surface area contributed by atoms with E-state index in [4.69, 9.17) is 5.73 Å². The molecule has 0 atom stereocenters. The highest BCUT2D eigenvalue weighted by atomic mass is 32.2. The summed E-state index contributed by atoms with van der Waals surface area (Å²) >= 11 is 1.57. The van der Waals surface area contributed by atoms with Crippen molar-refractivity contribution in [2.75, 3.05) is 12.8 Å². The Morgan fingerprint density at radius 2 is 2.06 bits per heavy atom. The Morgan fingerprint density at radius 1 is 1.44 bits per heavy atom. The van der Waals surface area contributed by atoms with E-state index in [2.05, 4.69) is 5.32 Å². The minimum absolute atomic E-state index is 0.0662. The molecule has 0 aromatic heterocycles. The van der Waals surface area contributed by atoms with Crippen LogP contribution >= 0.6 is 11.8 Å². The Balaban J connectivity index is 2.73. The Hall–Kier alpha value is -1.00. The largest absolute Gasteiger partial charge is 0.350 e. The fraction of sp³-hybridized carbons (Fsp3) is 0.417. The van der Waals surface area contributed by atoms with E-state index in [1.165, 1.54) is 0 Å². The third-order valence-electron chi connectivity index (χ3n) is 2.06. The summed E-state index contributed by atoms with van der Waals surface area (Å²) in [4.78, 5) is 12.9. The van der Waals surface area contributed by atoms with E-state index >= 15 is 0 Å². The number of nitrogens with one attached hydrogen (secondary N) is 1. The molecule has 1 aromatic carbocycles. The second-order valence-electron chi connectivity index (χ2n) is 4.37. The van der Waals surface area contributed by atoms with Gasteiger partial charge in [0.2, 0.25) is 0 Å². The van der Waals surface area contributed by atoms with Crippen LogP contribution in [0.1, 0.15) is 24.2 Å². The number of nitrogens with two attached hydrogens (primary N) is 1. The summed E-state index contributed by atoms with van der Waals surface area (Å²) < 4.78 is 0. The smallest absolute Gasteiger partial charge is 0.252 e. The number of hydrogen-bond donors (Lipinski definition) is 2. The maximum atomic E-state index is 11.9. The van der Waals surface area contributed by atoms with Gasteiger partial charge in [0.15, 0.2) is 0 Å².